The van der Waals surface area contributed by atoms with Gasteiger partial charge in [0.25, 0.3) is 0 Å². The molecule has 1 aromatic heterocycles. The smallest absolute Gasteiger partial charge is 0.228 e. The van der Waals surface area contributed by atoms with E-state index in [1.165, 1.54) is 0 Å². The van der Waals surface area contributed by atoms with Gasteiger partial charge in [-0.15, -0.1) is 0 Å². The predicted octanol–water partition coefficient (Wildman–Crippen LogP) is 2.93. The third kappa shape index (κ3) is 3.66. The number of hydrogen-bond donors (Lipinski definition) is 0. The average Bonchev–Trinajstić information content (AvgIpc) is 2.85. The third-order valence-corrected chi connectivity index (χ3v) is 5.53. The van der Waals surface area contributed by atoms with Gasteiger partial charge in [-0.2, -0.15) is 0 Å². The van der Waals surface area contributed by atoms with Crippen molar-refractivity contribution in [2.75, 3.05) is 12.4 Å². The number of nitrogens with zero attached hydrogens (tertiary/aromatic N) is 2. The standard InChI is InChI=1S/C15H26N2O3S/c1-11(2)14-9-16-15(17(14)12(3)4)21(18,19)10-13-7-5-6-8-20-13/h9,11-13H,5-8,10H2,1-4H3. The largest absolute Gasteiger partial charge is 0.377 e. The molecule has 1 aliphatic heterocycles. The summed E-state index contributed by atoms with van der Waals surface area (Å²) in [5.41, 5.74) is 0.966. The lowest BCUT2D eigenvalue weighted by atomic mass is 10.1. The molecule has 1 unspecified atom stereocenters. The number of sulfone groups is 1. The summed E-state index contributed by atoms with van der Waals surface area (Å²) in [6.07, 6.45) is 4.38. The average molecular weight is 314 g/mol. The molecule has 1 aliphatic rings. The molecule has 2 rings (SSSR count). The van der Waals surface area contributed by atoms with Gasteiger partial charge in [-0.05, 0) is 39.0 Å². The first-order valence-corrected chi connectivity index (χ1v) is 9.39. The molecule has 1 saturated heterocycles. The van der Waals surface area contributed by atoms with E-state index in [-0.39, 0.29) is 29.0 Å². The van der Waals surface area contributed by atoms with E-state index in [0.29, 0.717) is 6.61 Å². The molecule has 6 heteroatoms. The Balaban J connectivity index is 2.31. The minimum atomic E-state index is -3.42. The highest BCUT2D eigenvalue weighted by Crippen LogP contribution is 2.26. The van der Waals surface area contributed by atoms with Crippen LogP contribution in [0.3, 0.4) is 0 Å². The van der Waals surface area contributed by atoms with Crippen LogP contribution in [0.15, 0.2) is 11.4 Å². The Hall–Kier alpha value is -0.880. The summed E-state index contributed by atoms with van der Waals surface area (Å²) in [6.45, 7) is 8.75. The minimum Gasteiger partial charge on any atom is -0.377 e. The molecular weight excluding hydrogens is 288 g/mol. The second-order valence-corrected chi connectivity index (χ2v) is 8.28. The van der Waals surface area contributed by atoms with E-state index >= 15 is 0 Å². The fraction of sp³-hybridized carbons (Fsp3) is 0.800. The van der Waals surface area contributed by atoms with Crippen LogP contribution in [0.5, 0.6) is 0 Å². The third-order valence-electron chi connectivity index (χ3n) is 3.86. The van der Waals surface area contributed by atoms with Crippen molar-refractivity contribution in [3.63, 3.8) is 0 Å². The van der Waals surface area contributed by atoms with Gasteiger partial charge in [0.05, 0.1) is 11.9 Å². The Bertz CT molecular complexity index is 570. The number of imidazole rings is 1. The van der Waals surface area contributed by atoms with E-state index in [1.54, 1.807) is 6.20 Å². The zero-order valence-electron chi connectivity index (χ0n) is 13.4. The van der Waals surface area contributed by atoms with Crippen molar-refractivity contribution in [2.24, 2.45) is 0 Å². The van der Waals surface area contributed by atoms with E-state index in [1.807, 2.05) is 18.4 Å². The Kier molecular flexibility index (Phi) is 5.09. The molecule has 21 heavy (non-hydrogen) atoms. The molecular formula is C15H26N2O3S. The maximum atomic E-state index is 12.7. The van der Waals surface area contributed by atoms with Crippen molar-refractivity contribution in [1.29, 1.82) is 0 Å². The maximum Gasteiger partial charge on any atom is 0.228 e. The fourth-order valence-electron chi connectivity index (χ4n) is 2.79. The second-order valence-electron chi connectivity index (χ2n) is 6.35. The summed E-state index contributed by atoms with van der Waals surface area (Å²) in [4.78, 5) is 4.22. The van der Waals surface area contributed by atoms with Crippen LogP contribution in [-0.4, -0.2) is 36.4 Å². The molecule has 1 fully saturated rings. The Morgan fingerprint density at radius 2 is 2.05 bits per heavy atom. The zero-order valence-corrected chi connectivity index (χ0v) is 14.2. The highest BCUT2D eigenvalue weighted by Gasteiger charge is 2.29. The summed E-state index contributed by atoms with van der Waals surface area (Å²) < 4.78 is 32.8. The minimum absolute atomic E-state index is 0.0360. The van der Waals surface area contributed by atoms with E-state index in [9.17, 15) is 8.42 Å². The Morgan fingerprint density at radius 1 is 1.33 bits per heavy atom. The van der Waals surface area contributed by atoms with Gasteiger partial charge in [0.1, 0.15) is 0 Å². The molecule has 1 aromatic rings. The van der Waals surface area contributed by atoms with Crippen molar-refractivity contribution < 1.29 is 13.2 Å². The predicted molar refractivity (Wildman–Crippen MR) is 82.3 cm³/mol. The van der Waals surface area contributed by atoms with Crippen molar-refractivity contribution >= 4 is 9.84 Å². The van der Waals surface area contributed by atoms with Crippen molar-refractivity contribution in [1.82, 2.24) is 9.55 Å². The van der Waals surface area contributed by atoms with Crippen LogP contribution in [-0.2, 0) is 14.6 Å². The van der Waals surface area contributed by atoms with Gasteiger partial charge < -0.3 is 9.30 Å². The van der Waals surface area contributed by atoms with E-state index in [2.05, 4.69) is 18.8 Å². The monoisotopic (exact) mass is 314 g/mol. The fourth-order valence-corrected chi connectivity index (χ4v) is 4.52. The van der Waals surface area contributed by atoms with Crippen LogP contribution in [0.4, 0.5) is 0 Å². The first-order valence-electron chi connectivity index (χ1n) is 7.74. The number of hydrogen-bond acceptors (Lipinski definition) is 4. The highest BCUT2D eigenvalue weighted by molar-refractivity contribution is 7.91. The van der Waals surface area contributed by atoms with Gasteiger partial charge in [0, 0.05) is 24.5 Å². The number of aromatic nitrogens is 2. The Labute approximate surface area is 127 Å². The molecule has 0 aliphatic carbocycles. The highest BCUT2D eigenvalue weighted by atomic mass is 32.2. The van der Waals surface area contributed by atoms with Gasteiger partial charge >= 0.3 is 0 Å². The van der Waals surface area contributed by atoms with E-state index in [4.69, 9.17) is 4.74 Å². The number of rotatable bonds is 5. The first-order chi connectivity index (χ1) is 9.83. The molecule has 0 bridgehead atoms. The first kappa shape index (κ1) is 16.5. The quantitative estimate of drug-likeness (QED) is 0.838. The van der Waals surface area contributed by atoms with Gasteiger partial charge in [0.2, 0.25) is 15.0 Å². The lowest BCUT2D eigenvalue weighted by Crippen LogP contribution is -2.29. The Morgan fingerprint density at radius 3 is 2.57 bits per heavy atom. The maximum absolute atomic E-state index is 12.7. The molecule has 0 amide bonds. The van der Waals surface area contributed by atoms with E-state index < -0.39 is 9.84 Å². The molecule has 0 aromatic carbocycles. The summed E-state index contributed by atoms with van der Waals surface area (Å²) in [5.74, 6) is 0.281. The van der Waals surface area contributed by atoms with Gasteiger partial charge in [0.15, 0.2) is 0 Å². The molecule has 120 valence electrons. The summed E-state index contributed by atoms with van der Waals surface area (Å²) in [5, 5.41) is 0.190. The zero-order chi connectivity index (χ0) is 15.6. The SMILES string of the molecule is CC(C)c1cnc(S(=O)(=O)CC2CCCCO2)n1C(C)C. The normalized spacial score (nSPS) is 20.4. The molecule has 5 nitrogen and oxygen atoms in total. The van der Waals surface area contributed by atoms with Gasteiger partial charge in [-0.1, -0.05) is 13.8 Å². The van der Waals surface area contributed by atoms with Crippen LogP contribution >= 0.6 is 0 Å². The summed E-state index contributed by atoms with van der Waals surface area (Å²) in [6, 6.07) is 0.0712. The second kappa shape index (κ2) is 6.48. The van der Waals surface area contributed by atoms with Crippen LogP contribution < -0.4 is 0 Å². The van der Waals surface area contributed by atoms with Crippen LogP contribution in [0.25, 0.3) is 0 Å². The molecule has 1 atom stereocenters. The van der Waals surface area contributed by atoms with Crippen LogP contribution in [0.2, 0.25) is 0 Å². The van der Waals surface area contributed by atoms with Gasteiger partial charge in [-0.3, -0.25) is 0 Å². The van der Waals surface area contributed by atoms with Gasteiger partial charge in [-0.25, -0.2) is 13.4 Å². The molecule has 0 radical (unpaired) electrons. The topological polar surface area (TPSA) is 61.2 Å². The molecule has 2 heterocycles. The lowest BCUT2D eigenvalue weighted by molar-refractivity contribution is 0.0304. The van der Waals surface area contributed by atoms with E-state index in [0.717, 1.165) is 25.0 Å². The van der Waals surface area contributed by atoms with Crippen LogP contribution in [0, 0.1) is 0 Å². The molecule has 0 N–H and O–H groups in total. The summed E-state index contributed by atoms with van der Waals surface area (Å²) in [7, 11) is -3.42. The number of ether oxygens (including phenoxy) is 1. The molecule has 0 spiro atoms. The van der Waals surface area contributed by atoms with Crippen molar-refractivity contribution in [3.8, 4) is 0 Å². The molecule has 0 saturated carbocycles. The van der Waals surface area contributed by atoms with Crippen LogP contribution in [0.1, 0.15) is 64.6 Å². The lowest BCUT2D eigenvalue weighted by Gasteiger charge is -2.23. The van der Waals surface area contributed by atoms with Crippen molar-refractivity contribution in [2.45, 2.75) is 70.2 Å². The summed E-state index contributed by atoms with van der Waals surface area (Å²) >= 11 is 0. The van der Waals surface area contributed by atoms with Crippen molar-refractivity contribution in [3.05, 3.63) is 11.9 Å².